The lowest BCUT2D eigenvalue weighted by Gasteiger charge is -1.76. The van der Waals surface area contributed by atoms with Crippen LogP contribution < -0.4 is 0 Å². The van der Waals surface area contributed by atoms with Gasteiger partial charge < -0.3 is 0 Å². The normalized spacial score (nSPS) is 8.90. The smallest absolute Gasteiger partial charge is 0.213 e. The summed E-state index contributed by atoms with van der Waals surface area (Å²) in [7, 11) is 0. The number of aromatic nitrogens is 3. The van der Waals surface area contributed by atoms with Crippen LogP contribution in [0, 0.1) is 0 Å². The lowest BCUT2D eigenvalue weighted by atomic mass is 11.1. The molecule has 0 atom stereocenters. The van der Waals surface area contributed by atoms with Gasteiger partial charge in [0.2, 0.25) is 11.1 Å². The molecule has 0 bridgehead atoms. The molecule has 1 aromatic heterocycles. The number of hydrogen-bond donors (Lipinski definition) is 1. The molecular weight excluding hydrogens is 152 g/mol. The van der Waals surface area contributed by atoms with Crippen molar-refractivity contribution < 1.29 is 0 Å². The highest BCUT2D eigenvalue weighted by molar-refractivity contribution is 7.98. The number of thioether (sulfide) groups is 1. The summed E-state index contributed by atoms with van der Waals surface area (Å²) in [6, 6.07) is 0. The first-order valence-corrected chi connectivity index (χ1v) is 3.61. The summed E-state index contributed by atoms with van der Waals surface area (Å²) < 4.78 is 0. The quantitative estimate of drug-likeness (QED) is 0.304. The molecule has 0 aliphatic heterocycles. The van der Waals surface area contributed by atoms with Gasteiger partial charge in [-0.05, 0) is 16.9 Å². The van der Waals surface area contributed by atoms with Crippen LogP contribution in [-0.2, 0) is 0 Å². The molecule has 0 spiro atoms. The van der Waals surface area contributed by atoms with Crippen molar-refractivity contribution in [1.82, 2.24) is 15.2 Å². The van der Waals surface area contributed by atoms with E-state index in [9.17, 15) is 0 Å². The van der Waals surface area contributed by atoms with E-state index in [4.69, 9.17) is 5.53 Å². The predicted molar refractivity (Wildman–Crippen MR) is 37.0 cm³/mol. The van der Waals surface area contributed by atoms with Crippen molar-refractivity contribution in [2.75, 3.05) is 6.26 Å². The first kappa shape index (κ1) is 6.91. The Morgan fingerprint density at radius 2 is 2.60 bits per heavy atom. The van der Waals surface area contributed by atoms with Crippen molar-refractivity contribution in [2.45, 2.75) is 5.16 Å². The van der Waals surface area contributed by atoms with Crippen LogP contribution >= 0.6 is 11.8 Å². The lowest BCUT2D eigenvalue weighted by Crippen LogP contribution is -1.68. The zero-order valence-corrected chi connectivity index (χ0v) is 5.96. The Morgan fingerprint density at radius 3 is 3.10 bits per heavy atom. The number of hydrogen-bond acceptors (Lipinski definition) is 4. The van der Waals surface area contributed by atoms with Crippen molar-refractivity contribution in [2.24, 2.45) is 5.11 Å². The predicted octanol–water partition coefficient (Wildman–Crippen LogP) is 1.47. The van der Waals surface area contributed by atoms with Gasteiger partial charge in [0.15, 0.2) is 0 Å². The van der Waals surface area contributed by atoms with Gasteiger partial charge in [-0.3, -0.25) is 5.10 Å². The van der Waals surface area contributed by atoms with Gasteiger partial charge in [0, 0.05) is 4.91 Å². The summed E-state index contributed by atoms with van der Waals surface area (Å²) in [5.74, 6) is 0.201. The molecule has 1 aromatic rings. The number of nitrogens with one attached hydrogen (secondary N) is 1. The van der Waals surface area contributed by atoms with E-state index in [1.165, 1.54) is 11.8 Å². The van der Waals surface area contributed by atoms with Crippen molar-refractivity contribution in [3.05, 3.63) is 10.4 Å². The van der Waals surface area contributed by atoms with E-state index in [-0.39, 0.29) is 5.95 Å². The molecule has 52 valence electrons. The van der Waals surface area contributed by atoms with Crippen LogP contribution in [0.15, 0.2) is 10.3 Å². The van der Waals surface area contributed by atoms with Gasteiger partial charge in [-0.25, -0.2) is 0 Å². The summed E-state index contributed by atoms with van der Waals surface area (Å²) in [5.41, 5.74) is 7.97. The van der Waals surface area contributed by atoms with Gasteiger partial charge in [-0.15, -0.1) is 5.10 Å². The number of azide groups is 1. The maximum absolute atomic E-state index is 7.97. The second kappa shape index (κ2) is 3.09. The van der Waals surface area contributed by atoms with Gasteiger partial charge >= 0.3 is 0 Å². The van der Waals surface area contributed by atoms with Gasteiger partial charge in [0.25, 0.3) is 0 Å². The molecular formula is C3H4N6S. The summed E-state index contributed by atoms with van der Waals surface area (Å²) in [6.45, 7) is 0. The zero-order valence-electron chi connectivity index (χ0n) is 5.14. The Hall–Kier alpha value is -1.20. The molecule has 0 aromatic carbocycles. The zero-order chi connectivity index (χ0) is 7.40. The van der Waals surface area contributed by atoms with Crippen molar-refractivity contribution in [3.8, 4) is 0 Å². The molecule has 0 saturated carbocycles. The highest BCUT2D eigenvalue weighted by Crippen LogP contribution is 2.10. The summed E-state index contributed by atoms with van der Waals surface area (Å²) in [4.78, 5) is 6.33. The summed E-state index contributed by atoms with van der Waals surface area (Å²) >= 11 is 1.38. The highest BCUT2D eigenvalue weighted by atomic mass is 32.2. The van der Waals surface area contributed by atoms with Crippen molar-refractivity contribution in [1.29, 1.82) is 0 Å². The van der Waals surface area contributed by atoms with E-state index in [0.717, 1.165) is 0 Å². The molecule has 0 aliphatic carbocycles. The monoisotopic (exact) mass is 156 g/mol. The second-order valence-corrected chi connectivity index (χ2v) is 2.11. The Bertz CT molecular complexity index is 260. The molecule has 1 N–H and O–H groups in total. The van der Waals surface area contributed by atoms with Crippen LogP contribution in [0.5, 0.6) is 0 Å². The minimum atomic E-state index is 0.201. The Labute approximate surface area is 60.7 Å². The molecule has 0 saturated heterocycles. The minimum absolute atomic E-state index is 0.201. The maximum atomic E-state index is 7.97. The molecule has 6 nitrogen and oxygen atoms in total. The van der Waals surface area contributed by atoms with E-state index in [0.29, 0.717) is 5.16 Å². The van der Waals surface area contributed by atoms with Crippen LogP contribution in [-0.4, -0.2) is 21.4 Å². The van der Waals surface area contributed by atoms with Gasteiger partial charge in [-0.2, -0.15) is 4.98 Å². The maximum Gasteiger partial charge on any atom is 0.213 e. The standard InChI is InChI=1S/C3H4N6S/c1-10-3-5-2(6-8-3)7-9-4/h1H3,(H,5,6,8). The fourth-order valence-corrected chi connectivity index (χ4v) is 0.731. The number of aromatic amines is 1. The third-order valence-corrected chi connectivity index (χ3v) is 1.32. The first-order valence-electron chi connectivity index (χ1n) is 2.38. The third-order valence-electron chi connectivity index (χ3n) is 0.775. The summed E-state index contributed by atoms with van der Waals surface area (Å²) in [6.07, 6.45) is 1.84. The number of rotatable bonds is 2. The molecule has 0 unspecified atom stereocenters. The molecule has 1 heterocycles. The Balaban J connectivity index is 2.87. The van der Waals surface area contributed by atoms with Crippen LogP contribution in [0.1, 0.15) is 0 Å². The number of H-pyrrole nitrogens is 1. The molecule has 1 rings (SSSR count). The highest BCUT2D eigenvalue weighted by Gasteiger charge is 1.96. The average Bonchev–Trinajstić information content (AvgIpc) is 2.37. The fourth-order valence-electron chi connectivity index (χ4n) is 0.417. The minimum Gasteiger partial charge on any atom is -0.257 e. The molecule has 7 heteroatoms. The summed E-state index contributed by atoms with van der Waals surface area (Å²) in [5, 5.41) is 9.96. The first-order chi connectivity index (χ1) is 4.86. The van der Waals surface area contributed by atoms with Crippen LogP contribution in [0.3, 0.4) is 0 Å². The van der Waals surface area contributed by atoms with Crippen LogP contribution in [0.2, 0.25) is 0 Å². The molecule has 0 fully saturated rings. The lowest BCUT2D eigenvalue weighted by molar-refractivity contribution is 0.976. The SMILES string of the molecule is CSc1n[nH]c(N=[N+]=[N-])n1. The topological polar surface area (TPSA) is 90.3 Å². The van der Waals surface area contributed by atoms with Gasteiger partial charge in [0.1, 0.15) is 0 Å². The Morgan fingerprint density at radius 1 is 1.80 bits per heavy atom. The van der Waals surface area contributed by atoms with Crippen LogP contribution in [0.25, 0.3) is 10.4 Å². The van der Waals surface area contributed by atoms with Crippen LogP contribution in [0.4, 0.5) is 5.95 Å². The van der Waals surface area contributed by atoms with Gasteiger partial charge in [-0.1, -0.05) is 11.8 Å². The molecule has 0 amide bonds. The third kappa shape index (κ3) is 1.40. The van der Waals surface area contributed by atoms with Crippen molar-refractivity contribution in [3.63, 3.8) is 0 Å². The van der Waals surface area contributed by atoms with E-state index in [1.54, 1.807) is 0 Å². The fraction of sp³-hybridized carbons (Fsp3) is 0.333. The van der Waals surface area contributed by atoms with Gasteiger partial charge in [0.05, 0.1) is 0 Å². The molecule has 10 heavy (non-hydrogen) atoms. The molecule has 0 radical (unpaired) electrons. The van der Waals surface area contributed by atoms with E-state index in [2.05, 4.69) is 25.2 Å². The number of nitrogens with zero attached hydrogens (tertiary/aromatic N) is 5. The average molecular weight is 156 g/mol. The Kier molecular flexibility index (Phi) is 2.14. The second-order valence-electron chi connectivity index (χ2n) is 1.34. The van der Waals surface area contributed by atoms with E-state index >= 15 is 0 Å². The molecule has 0 aliphatic rings. The largest absolute Gasteiger partial charge is 0.257 e. The van der Waals surface area contributed by atoms with E-state index in [1.807, 2.05) is 6.26 Å². The van der Waals surface area contributed by atoms with E-state index < -0.39 is 0 Å². The van der Waals surface area contributed by atoms with Crippen molar-refractivity contribution >= 4 is 17.7 Å².